The molecule has 1 amide bonds. The third-order valence-electron chi connectivity index (χ3n) is 5.93. The zero-order chi connectivity index (χ0) is 24.7. The minimum absolute atomic E-state index is 0.00329. The lowest BCUT2D eigenvalue weighted by Gasteiger charge is -2.21. The predicted molar refractivity (Wildman–Crippen MR) is 141 cm³/mol. The fraction of sp³-hybridized carbons (Fsp3) is 0.464. The van der Waals surface area contributed by atoms with Gasteiger partial charge in [0.25, 0.3) is 5.91 Å². The minimum atomic E-state index is -0.00329. The molecule has 188 valence electrons. The molecule has 0 aliphatic rings. The number of aromatic amines is 1. The van der Waals surface area contributed by atoms with Gasteiger partial charge < -0.3 is 15.2 Å². The van der Waals surface area contributed by atoms with Crippen molar-refractivity contribution < 1.29 is 4.79 Å². The Morgan fingerprint density at radius 1 is 0.857 bits per heavy atom. The van der Waals surface area contributed by atoms with Gasteiger partial charge in [0.05, 0.1) is 12.2 Å². The second-order valence-corrected chi connectivity index (χ2v) is 9.00. The highest BCUT2D eigenvalue weighted by Crippen LogP contribution is 2.13. The quantitative estimate of drug-likeness (QED) is 0.295. The van der Waals surface area contributed by atoms with Crippen molar-refractivity contribution >= 4 is 5.91 Å². The number of imidazole rings is 1. The zero-order valence-corrected chi connectivity index (χ0v) is 21.2. The molecule has 0 aliphatic carbocycles. The summed E-state index contributed by atoms with van der Waals surface area (Å²) in [6.07, 6.45) is 9.93. The molecule has 7 nitrogen and oxygen atoms in total. The van der Waals surface area contributed by atoms with Gasteiger partial charge in [-0.2, -0.15) is 0 Å². The molecule has 7 heteroatoms. The van der Waals surface area contributed by atoms with Crippen LogP contribution in [-0.2, 0) is 19.6 Å². The van der Waals surface area contributed by atoms with E-state index in [0.29, 0.717) is 18.7 Å². The van der Waals surface area contributed by atoms with Crippen molar-refractivity contribution in [3.8, 4) is 0 Å². The summed E-state index contributed by atoms with van der Waals surface area (Å²) in [6, 6.07) is 13.9. The average Bonchev–Trinajstić information content (AvgIpc) is 3.38. The predicted octanol–water partition coefficient (Wildman–Crippen LogP) is 4.64. The minimum Gasteiger partial charge on any atom is -0.352 e. The molecule has 3 aromatic rings. The van der Waals surface area contributed by atoms with Crippen LogP contribution in [0.1, 0.15) is 67.0 Å². The summed E-state index contributed by atoms with van der Waals surface area (Å²) in [5.74, 6) is 0.917. The number of carbonyl (C=O) groups excluding carboxylic acids is 1. The molecule has 3 rings (SSSR count). The first kappa shape index (κ1) is 26.6. The Morgan fingerprint density at radius 2 is 1.66 bits per heavy atom. The molecule has 2 aromatic heterocycles. The summed E-state index contributed by atoms with van der Waals surface area (Å²) in [7, 11) is 0. The summed E-state index contributed by atoms with van der Waals surface area (Å²) in [6.45, 7) is 10.8. The van der Waals surface area contributed by atoms with E-state index in [4.69, 9.17) is 0 Å². The van der Waals surface area contributed by atoms with Crippen molar-refractivity contribution in [2.24, 2.45) is 0 Å². The lowest BCUT2D eigenvalue weighted by Crippen LogP contribution is -2.28. The van der Waals surface area contributed by atoms with Gasteiger partial charge in [-0.3, -0.25) is 14.7 Å². The molecule has 0 saturated heterocycles. The van der Waals surface area contributed by atoms with Crippen molar-refractivity contribution in [1.82, 2.24) is 30.1 Å². The molecule has 35 heavy (non-hydrogen) atoms. The van der Waals surface area contributed by atoms with Crippen molar-refractivity contribution in [2.75, 3.05) is 26.2 Å². The van der Waals surface area contributed by atoms with Gasteiger partial charge in [0, 0.05) is 43.8 Å². The van der Waals surface area contributed by atoms with Gasteiger partial charge in [-0.1, -0.05) is 32.0 Å². The SMILES string of the molecule is CCCN(CCC)CCCCNC(=O)c1ccc(CN(Cc2ccccn2)Cc2ncc[nH]2)cc1. The number of nitrogens with zero attached hydrogens (tertiary/aromatic N) is 4. The summed E-state index contributed by atoms with van der Waals surface area (Å²) in [5.41, 5.74) is 2.87. The van der Waals surface area contributed by atoms with E-state index in [9.17, 15) is 4.79 Å². The number of hydrogen-bond donors (Lipinski definition) is 2. The first-order chi connectivity index (χ1) is 17.2. The maximum atomic E-state index is 12.6. The van der Waals surface area contributed by atoms with Gasteiger partial charge in [-0.25, -0.2) is 4.98 Å². The van der Waals surface area contributed by atoms with Crippen LogP contribution in [0.5, 0.6) is 0 Å². The van der Waals surface area contributed by atoms with Crippen molar-refractivity contribution in [3.05, 3.63) is 83.7 Å². The lowest BCUT2D eigenvalue weighted by atomic mass is 10.1. The van der Waals surface area contributed by atoms with Gasteiger partial charge >= 0.3 is 0 Å². The molecule has 2 heterocycles. The standard InChI is InChI=1S/C28H40N6O/c1-3-18-33(19-4-2)20-8-7-15-32-28(35)25-12-10-24(11-13-25)21-34(23-27-30-16-17-31-27)22-26-9-5-6-14-29-26/h5-6,9-14,16-17H,3-4,7-8,15,18-23H2,1-2H3,(H,30,31)(H,32,35). The Bertz CT molecular complexity index is 953. The Labute approximate surface area is 210 Å². The smallest absolute Gasteiger partial charge is 0.251 e. The first-order valence-corrected chi connectivity index (χ1v) is 12.9. The Morgan fingerprint density at radius 3 is 2.31 bits per heavy atom. The molecule has 0 unspecified atom stereocenters. The van der Waals surface area contributed by atoms with Crippen molar-refractivity contribution in [2.45, 2.75) is 59.2 Å². The van der Waals surface area contributed by atoms with E-state index in [1.165, 1.54) is 12.8 Å². The van der Waals surface area contributed by atoms with E-state index in [1.54, 1.807) is 6.20 Å². The van der Waals surface area contributed by atoms with Gasteiger partial charge in [0.1, 0.15) is 5.82 Å². The second kappa shape index (κ2) is 15.1. The fourth-order valence-corrected chi connectivity index (χ4v) is 4.24. The number of H-pyrrole nitrogens is 1. The lowest BCUT2D eigenvalue weighted by molar-refractivity contribution is 0.0952. The van der Waals surface area contributed by atoms with Crippen LogP contribution in [0.3, 0.4) is 0 Å². The number of hydrogen-bond acceptors (Lipinski definition) is 5. The van der Waals surface area contributed by atoms with Crippen LogP contribution < -0.4 is 5.32 Å². The van der Waals surface area contributed by atoms with Crippen LogP contribution in [0, 0.1) is 0 Å². The number of aromatic nitrogens is 3. The average molecular weight is 477 g/mol. The molecule has 0 aliphatic heterocycles. The summed E-state index contributed by atoms with van der Waals surface area (Å²) >= 11 is 0. The molecular weight excluding hydrogens is 436 g/mol. The van der Waals surface area contributed by atoms with Crippen LogP contribution in [0.15, 0.2) is 61.1 Å². The van der Waals surface area contributed by atoms with E-state index in [-0.39, 0.29) is 5.91 Å². The molecule has 2 N–H and O–H groups in total. The molecule has 0 saturated carbocycles. The number of benzene rings is 1. The number of amides is 1. The van der Waals surface area contributed by atoms with Crippen LogP contribution in [0.4, 0.5) is 0 Å². The van der Waals surface area contributed by atoms with E-state index in [0.717, 1.165) is 62.6 Å². The fourth-order valence-electron chi connectivity index (χ4n) is 4.24. The summed E-state index contributed by atoms with van der Waals surface area (Å²) in [5, 5.41) is 3.07. The normalized spacial score (nSPS) is 11.3. The second-order valence-electron chi connectivity index (χ2n) is 9.00. The van der Waals surface area contributed by atoms with Crippen LogP contribution in [0.25, 0.3) is 0 Å². The molecular formula is C28H40N6O. The summed E-state index contributed by atoms with van der Waals surface area (Å²) in [4.78, 5) is 29.4. The molecule has 0 fully saturated rings. The highest BCUT2D eigenvalue weighted by atomic mass is 16.1. The molecule has 0 atom stereocenters. The van der Waals surface area contributed by atoms with E-state index >= 15 is 0 Å². The first-order valence-electron chi connectivity index (χ1n) is 12.9. The highest BCUT2D eigenvalue weighted by molar-refractivity contribution is 5.94. The van der Waals surface area contributed by atoms with Gasteiger partial charge in [0.15, 0.2) is 0 Å². The van der Waals surface area contributed by atoms with Gasteiger partial charge in [-0.05, 0) is 75.1 Å². The van der Waals surface area contributed by atoms with Crippen molar-refractivity contribution in [1.29, 1.82) is 0 Å². The maximum Gasteiger partial charge on any atom is 0.251 e. The van der Waals surface area contributed by atoms with Crippen LogP contribution in [0.2, 0.25) is 0 Å². The van der Waals surface area contributed by atoms with Gasteiger partial charge in [-0.15, -0.1) is 0 Å². The van der Waals surface area contributed by atoms with E-state index in [1.807, 2.05) is 54.9 Å². The number of rotatable bonds is 16. The summed E-state index contributed by atoms with van der Waals surface area (Å²) < 4.78 is 0. The number of carbonyl (C=O) groups is 1. The third-order valence-corrected chi connectivity index (χ3v) is 5.93. The zero-order valence-electron chi connectivity index (χ0n) is 21.2. The highest BCUT2D eigenvalue weighted by Gasteiger charge is 2.12. The molecule has 0 spiro atoms. The maximum absolute atomic E-state index is 12.6. The molecule has 1 aromatic carbocycles. The largest absolute Gasteiger partial charge is 0.352 e. The van der Waals surface area contributed by atoms with Crippen molar-refractivity contribution in [3.63, 3.8) is 0 Å². The van der Waals surface area contributed by atoms with Crippen LogP contribution >= 0.6 is 0 Å². The Hall–Kier alpha value is -3.03. The van der Waals surface area contributed by atoms with E-state index in [2.05, 4.69) is 43.9 Å². The number of nitrogens with one attached hydrogen (secondary N) is 2. The van der Waals surface area contributed by atoms with E-state index < -0.39 is 0 Å². The monoisotopic (exact) mass is 476 g/mol. The third kappa shape index (κ3) is 9.62. The van der Waals surface area contributed by atoms with Gasteiger partial charge in [0.2, 0.25) is 0 Å². The molecule has 0 radical (unpaired) electrons. The Balaban J connectivity index is 1.47. The van der Waals surface area contributed by atoms with Crippen LogP contribution in [-0.4, -0.2) is 56.8 Å². The topological polar surface area (TPSA) is 77.2 Å². The number of pyridine rings is 1. The number of unbranched alkanes of at least 4 members (excludes halogenated alkanes) is 1. The molecule has 0 bridgehead atoms. The Kier molecular flexibility index (Phi) is 11.4.